The van der Waals surface area contributed by atoms with Crippen molar-refractivity contribution in [1.82, 2.24) is 10.3 Å². The largest absolute Gasteiger partial charge is 0.396 e. The minimum Gasteiger partial charge on any atom is -0.396 e. The summed E-state index contributed by atoms with van der Waals surface area (Å²) in [5, 5.41) is 15.1. The lowest BCUT2D eigenvalue weighted by Gasteiger charge is -2.31. The smallest absolute Gasteiger partial charge is 0.0474 e. The standard InChI is InChI=1S/C16H21ClN2O/c17-13-5-6-14-12(9-19-16(14)7-13)8-18-15-4-2-1-3-11(15)10-20/h5-7,9,11,15,18-20H,1-4,8,10H2. The average Bonchev–Trinajstić information content (AvgIpc) is 2.87. The van der Waals surface area contributed by atoms with Gasteiger partial charge in [-0.3, -0.25) is 0 Å². The second-order valence-electron chi connectivity index (χ2n) is 5.72. The molecule has 3 N–H and O–H groups in total. The minimum absolute atomic E-state index is 0.293. The van der Waals surface area contributed by atoms with E-state index in [0.29, 0.717) is 18.6 Å². The van der Waals surface area contributed by atoms with Gasteiger partial charge in [-0.25, -0.2) is 0 Å². The normalized spacial score (nSPS) is 23.3. The first-order valence-corrected chi connectivity index (χ1v) is 7.75. The van der Waals surface area contributed by atoms with Crippen LogP contribution in [0.3, 0.4) is 0 Å². The van der Waals surface area contributed by atoms with Crippen molar-refractivity contribution < 1.29 is 5.11 Å². The van der Waals surface area contributed by atoms with Crippen LogP contribution in [0.5, 0.6) is 0 Å². The summed E-state index contributed by atoms with van der Waals surface area (Å²) in [6.07, 6.45) is 6.86. The molecule has 2 aromatic rings. The van der Waals surface area contributed by atoms with Gasteiger partial charge >= 0.3 is 0 Å². The van der Waals surface area contributed by atoms with Crippen LogP contribution in [-0.4, -0.2) is 22.7 Å². The predicted molar refractivity (Wildman–Crippen MR) is 83.0 cm³/mol. The van der Waals surface area contributed by atoms with Gasteiger partial charge in [-0.2, -0.15) is 0 Å². The third kappa shape index (κ3) is 2.85. The Bertz CT molecular complexity index is 581. The zero-order valence-electron chi connectivity index (χ0n) is 11.5. The van der Waals surface area contributed by atoms with Gasteiger partial charge in [0.15, 0.2) is 0 Å². The molecular weight excluding hydrogens is 272 g/mol. The summed E-state index contributed by atoms with van der Waals surface area (Å²) >= 11 is 6.00. The van der Waals surface area contributed by atoms with E-state index in [0.717, 1.165) is 23.5 Å². The topological polar surface area (TPSA) is 48.0 Å². The number of aromatic amines is 1. The number of hydrogen-bond acceptors (Lipinski definition) is 2. The molecule has 0 saturated heterocycles. The highest BCUT2D eigenvalue weighted by Crippen LogP contribution is 2.26. The van der Waals surface area contributed by atoms with E-state index >= 15 is 0 Å². The Morgan fingerprint density at radius 3 is 3.00 bits per heavy atom. The molecule has 0 aliphatic heterocycles. The lowest BCUT2D eigenvalue weighted by Crippen LogP contribution is -2.39. The van der Waals surface area contributed by atoms with Crippen LogP contribution < -0.4 is 5.32 Å². The molecule has 1 aliphatic rings. The lowest BCUT2D eigenvalue weighted by molar-refractivity contribution is 0.152. The second-order valence-corrected chi connectivity index (χ2v) is 6.15. The van der Waals surface area contributed by atoms with Crippen LogP contribution in [0, 0.1) is 5.92 Å². The lowest BCUT2D eigenvalue weighted by atomic mass is 9.85. The SMILES string of the molecule is OCC1CCCCC1NCc1c[nH]c2cc(Cl)ccc12. The van der Waals surface area contributed by atoms with Crippen LogP contribution >= 0.6 is 11.6 Å². The Hall–Kier alpha value is -1.03. The van der Waals surface area contributed by atoms with Gasteiger partial charge in [0, 0.05) is 41.3 Å². The number of aliphatic hydroxyl groups is 1. The Balaban J connectivity index is 1.70. The molecule has 1 aromatic heterocycles. The maximum absolute atomic E-state index is 9.46. The third-order valence-corrected chi connectivity index (χ3v) is 4.66. The van der Waals surface area contributed by atoms with Crippen LogP contribution in [0.2, 0.25) is 5.02 Å². The number of aliphatic hydroxyl groups excluding tert-OH is 1. The summed E-state index contributed by atoms with van der Waals surface area (Å²) in [6.45, 7) is 1.13. The van der Waals surface area contributed by atoms with Crippen LogP contribution in [0.15, 0.2) is 24.4 Å². The number of halogens is 1. The highest BCUT2D eigenvalue weighted by Gasteiger charge is 2.23. The Morgan fingerprint density at radius 1 is 1.30 bits per heavy atom. The summed E-state index contributed by atoms with van der Waals surface area (Å²) in [4.78, 5) is 3.27. The molecule has 108 valence electrons. The molecule has 20 heavy (non-hydrogen) atoms. The number of hydrogen-bond donors (Lipinski definition) is 3. The van der Waals surface area contributed by atoms with E-state index in [9.17, 15) is 5.11 Å². The number of fused-ring (bicyclic) bond motifs is 1. The zero-order valence-corrected chi connectivity index (χ0v) is 12.3. The van der Waals surface area contributed by atoms with E-state index in [-0.39, 0.29) is 0 Å². The highest BCUT2D eigenvalue weighted by atomic mass is 35.5. The quantitative estimate of drug-likeness (QED) is 0.808. The van der Waals surface area contributed by atoms with Crippen LogP contribution in [-0.2, 0) is 6.54 Å². The van der Waals surface area contributed by atoms with Crippen LogP contribution in [0.4, 0.5) is 0 Å². The summed E-state index contributed by atoms with van der Waals surface area (Å²) in [5.74, 6) is 0.406. The molecule has 3 rings (SSSR count). The third-order valence-electron chi connectivity index (χ3n) is 4.43. The molecule has 1 aromatic carbocycles. The van der Waals surface area contributed by atoms with Gasteiger partial charge in [-0.15, -0.1) is 0 Å². The molecule has 0 spiro atoms. The van der Waals surface area contributed by atoms with Gasteiger partial charge in [-0.05, 0) is 36.5 Å². The Kier molecular flexibility index (Phi) is 4.29. The molecule has 4 heteroatoms. The molecule has 1 fully saturated rings. The number of benzene rings is 1. The number of rotatable bonds is 4. The molecule has 1 saturated carbocycles. The first-order valence-electron chi connectivity index (χ1n) is 7.37. The molecule has 2 atom stereocenters. The van der Waals surface area contributed by atoms with Gasteiger partial charge in [-0.1, -0.05) is 30.5 Å². The second kappa shape index (κ2) is 6.17. The maximum Gasteiger partial charge on any atom is 0.0474 e. The van der Waals surface area contributed by atoms with Crippen molar-refractivity contribution in [2.75, 3.05) is 6.61 Å². The van der Waals surface area contributed by atoms with Crippen molar-refractivity contribution in [1.29, 1.82) is 0 Å². The number of nitrogens with one attached hydrogen (secondary N) is 2. The monoisotopic (exact) mass is 292 g/mol. The summed E-state index contributed by atoms with van der Waals surface area (Å²) < 4.78 is 0. The Morgan fingerprint density at radius 2 is 2.15 bits per heavy atom. The van der Waals surface area contributed by atoms with E-state index in [1.165, 1.54) is 30.2 Å². The summed E-state index contributed by atoms with van der Waals surface area (Å²) in [7, 11) is 0. The maximum atomic E-state index is 9.46. The molecule has 3 nitrogen and oxygen atoms in total. The molecular formula is C16H21ClN2O. The fourth-order valence-corrected chi connectivity index (χ4v) is 3.41. The van der Waals surface area contributed by atoms with Gasteiger partial charge < -0.3 is 15.4 Å². The first-order chi connectivity index (χ1) is 9.78. The van der Waals surface area contributed by atoms with E-state index in [1.54, 1.807) is 0 Å². The molecule has 2 unspecified atom stereocenters. The minimum atomic E-state index is 0.293. The van der Waals surface area contributed by atoms with Crippen molar-refractivity contribution in [3.8, 4) is 0 Å². The first kappa shape index (κ1) is 13.9. The fraction of sp³-hybridized carbons (Fsp3) is 0.500. The van der Waals surface area contributed by atoms with Crippen molar-refractivity contribution in [2.45, 2.75) is 38.3 Å². The fourth-order valence-electron chi connectivity index (χ4n) is 3.24. The Labute approximate surface area is 124 Å². The summed E-state index contributed by atoms with van der Waals surface area (Å²) in [5.41, 5.74) is 2.34. The van der Waals surface area contributed by atoms with E-state index in [4.69, 9.17) is 11.6 Å². The van der Waals surface area contributed by atoms with Crippen molar-refractivity contribution in [3.05, 3.63) is 35.0 Å². The van der Waals surface area contributed by atoms with Crippen molar-refractivity contribution in [3.63, 3.8) is 0 Å². The zero-order chi connectivity index (χ0) is 13.9. The molecule has 0 amide bonds. The number of H-pyrrole nitrogens is 1. The van der Waals surface area contributed by atoms with Crippen molar-refractivity contribution >= 4 is 22.5 Å². The van der Waals surface area contributed by atoms with Gasteiger partial charge in [0.2, 0.25) is 0 Å². The summed E-state index contributed by atoms with van der Waals surface area (Å²) in [6, 6.07) is 6.39. The number of aromatic nitrogens is 1. The van der Waals surface area contributed by atoms with E-state index in [1.807, 2.05) is 18.3 Å². The van der Waals surface area contributed by atoms with Crippen LogP contribution in [0.1, 0.15) is 31.2 Å². The highest BCUT2D eigenvalue weighted by molar-refractivity contribution is 6.31. The van der Waals surface area contributed by atoms with Gasteiger partial charge in [0.05, 0.1) is 0 Å². The molecule has 0 bridgehead atoms. The van der Waals surface area contributed by atoms with Crippen molar-refractivity contribution in [2.24, 2.45) is 5.92 Å². The molecule has 1 aliphatic carbocycles. The van der Waals surface area contributed by atoms with Gasteiger partial charge in [0.1, 0.15) is 0 Å². The van der Waals surface area contributed by atoms with Crippen LogP contribution in [0.25, 0.3) is 10.9 Å². The molecule has 0 radical (unpaired) electrons. The molecule has 1 heterocycles. The van der Waals surface area contributed by atoms with E-state index in [2.05, 4.69) is 16.4 Å². The predicted octanol–water partition coefficient (Wildman–Crippen LogP) is 3.46. The van der Waals surface area contributed by atoms with E-state index < -0.39 is 0 Å². The average molecular weight is 293 g/mol. The van der Waals surface area contributed by atoms with Gasteiger partial charge in [0.25, 0.3) is 0 Å².